The molecule has 4 heterocycles. The molecule has 0 spiro atoms. The number of pyridine rings is 1. The number of rotatable bonds is 5. The van der Waals surface area contributed by atoms with Crippen molar-refractivity contribution in [1.82, 2.24) is 24.7 Å². The zero-order valence-corrected chi connectivity index (χ0v) is 19.3. The number of benzene rings is 1. The number of nitrogens with zero attached hydrogens (tertiary/aromatic N) is 4. The van der Waals surface area contributed by atoms with Crippen LogP contribution in [0.5, 0.6) is 0 Å². The molecule has 33 heavy (non-hydrogen) atoms. The van der Waals surface area contributed by atoms with E-state index in [4.69, 9.17) is 16.3 Å². The molecular weight excluding hydrogens is 440 g/mol. The van der Waals surface area contributed by atoms with Crippen molar-refractivity contribution < 1.29 is 4.74 Å². The van der Waals surface area contributed by atoms with Gasteiger partial charge in [0, 0.05) is 47.1 Å². The van der Waals surface area contributed by atoms with Crippen LogP contribution in [0.25, 0.3) is 22.2 Å². The lowest BCUT2D eigenvalue weighted by Crippen LogP contribution is -2.30. The largest absolute Gasteiger partial charge is 0.381 e. The van der Waals surface area contributed by atoms with Crippen LogP contribution in [0.15, 0.2) is 47.4 Å². The van der Waals surface area contributed by atoms with Crippen LogP contribution in [0, 0.1) is 6.92 Å². The van der Waals surface area contributed by atoms with Crippen LogP contribution in [-0.2, 0) is 4.74 Å². The lowest BCUT2D eigenvalue weighted by molar-refractivity contribution is 0.0903. The lowest BCUT2D eigenvalue weighted by atomic mass is 10.1. The number of hydrogen-bond acceptors (Lipinski definition) is 6. The van der Waals surface area contributed by atoms with Gasteiger partial charge in [-0.2, -0.15) is 5.10 Å². The van der Waals surface area contributed by atoms with Crippen molar-refractivity contribution in [3.63, 3.8) is 0 Å². The van der Waals surface area contributed by atoms with Crippen molar-refractivity contribution in [2.45, 2.75) is 38.8 Å². The molecular formula is C24H25ClN6O2. The summed E-state index contributed by atoms with van der Waals surface area (Å²) in [6.07, 6.45) is 3.46. The third-order valence-corrected chi connectivity index (χ3v) is 6.37. The fourth-order valence-corrected chi connectivity index (χ4v) is 4.48. The molecule has 5 rings (SSSR count). The average molecular weight is 465 g/mol. The van der Waals surface area contributed by atoms with E-state index in [9.17, 15) is 4.79 Å². The van der Waals surface area contributed by atoms with E-state index >= 15 is 0 Å². The molecule has 170 valence electrons. The van der Waals surface area contributed by atoms with E-state index < -0.39 is 0 Å². The Bertz CT molecular complexity index is 1360. The molecule has 1 aromatic carbocycles. The van der Waals surface area contributed by atoms with Gasteiger partial charge in [0.25, 0.3) is 5.56 Å². The van der Waals surface area contributed by atoms with E-state index in [1.165, 1.54) is 0 Å². The zero-order chi connectivity index (χ0) is 22.9. The van der Waals surface area contributed by atoms with Gasteiger partial charge in [-0.25, -0.2) is 9.97 Å². The van der Waals surface area contributed by atoms with Crippen molar-refractivity contribution in [3.8, 4) is 11.3 Å². The third kappa shape index (κ3) is 4.24. The van der Waals surface area contributed by atoms with Crippen molar-refractivity contribution >= 4 is 28.5 Å². The Morgan fingerprint density at radius 2 is 2.03 bits per heavy atom. The predicted molar refractivity (Wildman–Crippen MR) is 129 cm³/mol. The quantitative estimate of drug-likeness (QED) is 0.456. The molecule has 0 radical (unpaired) electrons. The molecule has 1 unspecified atom stereocenters. The van der Waals surface area contributed by atoms with Crippen LogP contribution in [0.2, 0.25) is 5.02 Å². The van der Waals surface area contributed by atoms with Gasteiger partial charge in [-0.15, -0.1) is 0 Å². The van der Waals surface area contributed by atoms with Gasteiger partial charge in [0.05, 0.1) is 17.4 Å². The third-order valence-electron chi connectivity index (χ3n) is 6.04. The van der Waals surface area contributed by atoms with Gasteiger partial charge < -0.3 is 10.1 Å². The summed E-state index contributed by atoms with van der Waals surface area (Å²) in [4.78, 5) is 22.9. The lowest BCUT2D eigenvalue weighted by Gasteiger charge is -2.23. The van der Waals surface area contributed by atoms with Crippen molar-refractivity contribution in [3.05, 3.63) is 69.4 Å². The minimum atomic E-state index is -0.333. The van der Waals surface area contributed by atoms with E-state index in [2.05, 4.69) is 25.5 Å². The van der Waals surface area contributed by atoms with E-state index in [-0.39, 0.29) is 17.6 Å². The van der Waals surface area contributed by atoms with Crippen molar-refractivity contribution in [2.75, 3.05) is 18.5 Å². The summed E-state index contributed by atoms with van der Waals surface area (Å²) in [5.41, 5.74) is 3.29. The predicted octanol–water partition coefficient (Wildman–Crippen LogP) is 4.34. The molecule has 8 nitrogen and oxygen atoms in total. The van der Waals surface area contributed by atoms with Crippen molar-refractivity contribution in [2.24, 2.45) is 0 Å². The first-order valence-corrected chi connectivity index (χ1v) is 11.4. The number of ether oxygens (including phenoxy) is 1. The molecule has 1 atom stereocenters. The first kappa shape index (κ1) is 21.6. The summed E-state index contributed by atoms with van der Waals surface area (Å²) in [6.45, 7) is 5.30. The van der Waals surface area contributed by atoms with Gasteiger partial charge in [-0.1, -0.05) is 29.8 Å². The Labute approximate surface area is 196 Å². The maximum atomic E-state index is 13.8. The summed E-state index contributed by atoms with van der Waals surface area (Å²) >= 11 is 6.53. The highest BCUT2D eigenvalue weighted by Gasteiger charge is 2.22. The topological polar surface area (TPSA) is 97.7 Å². The maximum absolute atomic E-state index is 13.8. The number of aromatic nitrogens is 5. The smallest absolute Gasteiger partial charge is 0.278 e. The number of anilines is 1. The number of nitrogens with one attached hydrogen (secondary N) is 2. The van der Waals surface area contributed by atoms with Crippen LogP contribution in [-0.4, -0.2) is 44.0 Å². The van der Waals surface area contributed by atoms with Crippen LogP contribution in [0.4, 0.5) is 5.95 Å². The second-order valence-electron chi connectivity index (χ2n) is 8.36. The summed E-state index contributed by atoms with van der Waals surface area (Å²) in [5.74, 6) is 0.451. The molecule has 9 heteroatoms. The molecule has 1 fully saturated rings. The molecule has 1 aliphatic rings. The first-order chi connectivity index (χ1) is 16.0. The van der Waals surface area contributed by atoms with Crippen LogP contribution in [0.3, 0.4) is 0 Å². The minimum Gasteiger partial charge on any atom is -0.381 e. The standard InChI is InChI=1S/C24H25ClN6O2/c1-14-11-20(30-29-14)15(2)31-21(18-5-3-4-6-19(18)25)12-16-13-26-24(28-22(16)23(31)32)27-17-7-9-33-10-8-17/h3-6,11-13,15,17H,7-10H2,1-2H3,(H,29,30)(H,26,27,28). The van der Waals surface area contributed by atoms with E-state index in [0.29, 0.717) is 40.8 Å². The normalized spacial score (nSPS) is 15.6. The second kappa shape index (κ2) is 8.96. The van der Waals surface area contributed by atoms with Crippen molar-refractivity contribution in [1.29, 1.82) is 0 Å². The number of halogens is 1. The maximum Gasteiger partial charge on any atom is 0.278 e. The minimum absolute atomic E-state index is 0.215. The van der Waals surface area contributed by atoms with Gasteiger partial charge in [0.1, 0.15) is 5.52 Å². The number of aromatic amines is 1. The van der Waals surface area contributed by atoms with E-state index in [1.54, 1.807) is 10.8 Å². The van der Waals surface area contributed by atoms with Crippen LogP contribution < -0.4 is 10.9 Å². The number of hydrogen-bond donors (Lipinski definition) is 2. The highest BCUT2D eigenvalue weighted by atomic mass is 35.5. The summed E-state index contributed by atoms with van der Waals surface area (Å²) < 4.78 is 7.14. The van der Waals surface area contributed by atoms with Gasteiger partial charge in [-0.05, 0) is 44.9 Å². The molecule has 0 amide bonds. The Morgan fingerprint density at radius 1 is 1.24 bits per heavy atom. The number of aryl methyl sites for hydroxylation is 1. The molecule has 1 saturated heterocycles. The van der Waals surface area contributed by atoms with Gasteiger partial charge in [-0.3, -0.25) is 14.5 Å². The Hall–Kier alpha value is -3.23. The van der Waals surface area contributed by atoms with Gasteiger partial charge in [0.2, 0.25) is 5.95 Å². The summed E-state index contributed by atoms with van der Waals surface area (Å²) in [7, 11) is 0. The fourth-order valence-electron chi connectivity index (χ4n) is 4.25. The first-order valence-electron chi connectivity index (χ1n) is 11.0. The average Bonchev–Trinajstić information content (AvgIpc) is 3.26. The SMILES string of the molecule is Cc1cc(C(C)n2c(-c3ccccc3Cl)cc3cnc(NC4CCOCC4)nc3c2=O)n[nH]1. The monoisotopic (exact) mass is 464 g/mol. The summed E-state index contributed by atoms with van der Waals surface area (Å²) in [6, 6.07) is 11.3. The molecule has 0 saturated carbocycles. The van der Waals surface area contributed by atoms with E-state index in [0.717, 1.165) is 29.8 Å². The second-order valence-corrected chi connectivity index (χ2v) is 8.77. The van der Waals surface area contributed by atoms with E-state index in [1.807, 2.05) is 50.2 Å². The highest BCUT2D eigenvalue weighted by molar-refractivity contribution is 6.33. The molecule has 0 aliphatic carbocycles. The Kier molecular flexibility index (Phi) is 5.86. The molecule has 2 N–H and O–H groups in total. The summed E-state index contributed by atoms with van der Waals surface area (Å²) in [5, 5.41) is 11.9. The highest BCUT2D eigenvalue weighted by Crippen LogP contribution is 2.31. The van der Waals surface area contributed by atoms with Gasteiger partial charge in [0.15, 0.2) is 0 Å². The van der Waals surface area contributed by atoms with Crippen LogP contribution >= 0.6 is 11.6 Å². The number of H-pyrrole nitrogens is 1. The molecule has 0 bridgehead atoms. The molecule has 1 aliphatic heterocycles. The number of fused-ring (bicyclic) bond motifs is 1. The van der Waals surface area contributed by atoms with Crippen LogP contribution in [0.1, 0.15) is 37.2 Å². The molecule has 3 aromatic heterocycles. The van der Waals surface area contributed by atoms with Gasteiger partial charge >= 0.3 is 0 Å². The zero-order valence-electron chi connectivity index (χ0n) is 18.5. The Balaban J connectivity index is 1.67. The fraction of sp³-hybridized carbons (Fsp3) is 0.333. The Morgan fingerprint density at radius 3 is 2.76 bits per heavy atom. The molecule has 4 aromatic rings.